The quantitative estimate of drug-likeness (QED) is 0.793. The first kappa shape index (κ1) is 14.5. The lowest BCUT2D eigenvalue weighted by molar-refractivity contribution is 0.0999. The van der Waals surface area contributed by atoms with E-state index in [4.69, 9.17) is 33.7 Å². The molecule has 2 heterocycles. The zero-order chi connectivity index (χ0) is 15.7. The predicted molar refractivity (Wildman–Crippen MR) is 82.4 cm³/mol. The molecule has 0 aliphatic rings. The number of fused-ring (bicyclic) bond motifs is 1. The van der Waals surface area contributed by atoms with Gasteiger partial charge in [-0.05, 0) is 18.2 Å². The van der Waals surface area contributed by atoms with Gasteiger partial charge in [0.15, 0.2) is 0 Å². The Balaban J connectivity index is 1.95. The van der Waals surface area contributed by atoms with Crippen LogP contribution in [-0.4, -0.2) is 20.9 Å². The van der Waals surface area contributed by atoms with Gasteiger partial charge in [-0.25, -0.2) is 9.97 Å². The van der Waals surface area contributed by atoms with Gasteiger partial charge in [-0.2, -0.15) is 0 Å². The molecule has 3 rings (SSSR count). The van der Waals surface area contributed by atoms with Crippen LogP contribution in [0.1, 0.15) is 10.4 Å². The van der Waals surface area contributed by atoms with E-state index in [1.807, 2.05) is 0 Å². The van der Waals surface area contributed by atoms with Crippen LogP contribution in [0.4, 0.5) is 0 Å². The summed E-state index contributed by atoms with van der Waals surface area (Å²) >= 11 is 11.9. The van der Waals surface area contributed by atoms with Crippen molar-refractivity contribution in [3.05, 3.63) is 52.4 Å². The Morgan fingerprint density at radius 3 is 2.50 bits per heavy atom. The van der Waals surface area contributed by atoms with Gasteiger partial charge >= 0.3 is 0 Å². The van der Waals surface area contributed by atoms with Gasteiger partial charge < -0.3 is 10.5 Å². The van der Waals surface area contributed by atoms with Crippen LogP contribution >= 0.6 is 23.2 Å². The Morgan fingerprint density at radius 2 is 1.77 bits per heavy atom. The van der Waals surface area contributed by atoms with E-state index in [1.54, 1.807) is 12.1 Å². The van der Waals surface area contributed by atoms with Crippen molar-refractivity contribution in [1.29, 1.82) is 0 Å². The maximum atomic E-state index is 11.1. The third-order valence-corrected chi connectivity index (χ3v) is 3.50. The number of pyridine rings is 1. The number of nitrogens with two attached hydrogens (primary N) is 1. The lowest BCUT2D eigenvalue weighted by Gasteiger charge is -2.06. The highest BCUT2D eigenvalue weighted by atomic mass is 35.5. The second-order valence-corrected chi connectivity index (χ2v) is 5.15. The summed E-state index contributed by atoms with van der Waals surface area (Å²) in [5.74, 6) is -0.0386. The molecule has 0 fully saturated rings. The van der Waals surface area contributed by atoms with E-state index in [9.17, 15) is 4.79 Å². The SMILES string of the molecule is NC(=O)c1cncc(Oc2cnc3cc(Cl)c(Cl)cc3n2)c1. The van der Waals surface area contributed by atoms with Crippen molar-refractivity contribution >= 4 is 40.1 Å². The highest BCUT2D eigenvalue weighted by Gasteiger charge is 2.08. The summed E-state index contributed by atoms with van der Waals surface area (Å²) in [5, 5.41) is 0.772. The highest BCUT2D eigenvalue weighted by Crippen LogP contribution is 2.27. The number of carbonyl (C=O) groups excluding carboxylic acids is 1. The molecule has 22 heavy (non-hydrogen) atoms. The predicted octanol–water partition coefficient (Wildman–Crippen LogP) is 3.22. The fourth-order valence-corrected chi connectivity index (χ4v) is 2.09. The molecule has 0 saturated carbocycles. The fraction of sp³-hybridized carbons (Fsp3) is 0. The first-order valence-electron chi connectivity index (χ1n) is 6.07. The van der Waals surface area contributed by atoms with Crippen LogP contribution in [0.15, 0.2) is 36.8 Å². The van der Waals surface area contributed by atoms with Crippen LogP contribution in [-0.2, 0) is 0 Å². The average Bonchev–Trinajstić information content (AvgIpc) is 2.49. The highest BCUT2D eigenvalue weighted by molar-refractivity contribution is 6.42. The van der Waals surface area contributed by atoms with Gasteiger partial charge in [0.05, 0.1) is 39.0 Å². The molecule has 0 aliphatic heterocycles. The van der Waals surface area contributed by atoms with Crippen molar-refractivity contribution in [3.63, 3.8) is 0 Å². The molecule has 0 bridgehead atoms. The zero-order valence-corrected chi connectivity index (χ0v) is 12.5. The maximum Gasteiger partial charge on any atom is 0.250 e. The van der Waals surface area contributed by atoms with Crippen molar-refractivity contribution < 1.29 is 9.53 Å². The van der Waals surface area contributed by atoms with Crippen molar-refractivity contribution in [1.82, 2.24) is 15.0 Å². The maximum absolute atomic E-state index is 11.1. The normalized spacial score (nSPS) is 10.6. The summed E-state index contributed by atoms with van der Waals surface area (Å²) < 4.78 is 5.53. The summed E-state index contributed by atoms with van der Waals surface area (Å²) in [4.78, 5) is 23.5. The van der Waals surface area contributed by atoms with Crippen LogP contribution in [0.3, 0.4) is 0 Å². The van der Waals surface area contributed by atoms with Gasteiger partial charge in [0, 0.05) is 6.20 Å². The minimum Gasteiger partial charge on any atom is -0.436 e. The monoisotopic (exact) mass is 334 g/mol. The molecule has 2 N–H and O–H groups in total. The smallest absolute Gasteiger partial charge is 0.250 e. The first-order valence-corrected chi connectivity index (χ1v) is 6.83. The fourth-order valence-electron chi connectivity index (χ4n) is 1.77. The van der Waals surface area contributed by atoms with Crippen LogP contribution in [0.25, 0.3) is 11.0 Å². The number of halogens is 2. The van der Waals surface area contributed by atoms with Gasteiger partial charge in [-0.3, -0.25) is 9.78 Å². The Kier molecular flexibility index (Phi) is 3.79. The van der Waals surface area contributed by atoms with Crippen LogP contribution in [0.5, 0.6) is 11.6 Å². The Hall–Kier alpha value is -2.44. The second-order valence-electron chi connectivity index (χ2n) is 4.34. The number of carbonyl (C=O) groups is 1. The topological polar surface area (TPSA) is 91.0 Å². The molecule has 0 saturated heterocycles. The number of ether oxygens (including phenoxy) is 1. The van der Waals surface area contributed by atoms with Crippen molar-refractivity contribution in [2.75, 3.05) is 0 Å². The van der Waals surface area contributed by atoms with Gasteiger partial charge in [-0.15, -0.1) is 0 Å². The number of hydrogen-bond acceptors (Lipinski definition) is 5. The molecular weight excluding hydrogens is 327 g/mol. The van der Waals surface area contributed by atoms with E-state index in [-0.39, 0.29) is 11.4 Å². The molecule has 0 unspecified atom stereocenters. The molecule has 3 aromatic rings. The molecule has 0 radical (unpaired) electrons. The standard InChI is InChI=1S/C14H8Cl2N4O2/c15-9-2-11-12(3-10(9)16)20-13(6-19-11)22-8-1-7(14(17)21)4-18-5-8/h1-6H,(H2,17,21). The van der Waals surface area contributed by atoms with E-state index in [1.165, 1.54) is 24.7 Å². The average molecular weight is 335 g/mol. The van der Waals surface area contributed by atoms with E-state index in [2.05, 4.69) is 15.0 Å². The zero-order valence-electron chi connectivity index (χ0n) is 11.0. The summed E-state index contributed by atoms with van der Waals surface area (Å²) in [6.45, 7) is 0. The van der Waals surface area contributed by atoms with Crippen molar-refractivity contribution in [2.45, 2.75) is 0 Å². The van der Waals surface area contributed by atoms with Crippen molar-refractivity contribution in [2.24, 2.45) is 5.73 Å². The molecule has 0 atom stereocenters. The largest absolute Gasteiger partial charge is 0.436 e. The number of amides is 1. The summed E-state index contributed by atoms with van der Waals surface area (Å²) in [6, 6.07) is 4.68. The lowest BCUT2D eigenvalue weighted by atomic mass is 10.3. The van der Waals surface area contributed by atoms with Crippen molar-refractivity contribution in [3.8, 4) is 11.6 Å². The summed E-state index contributed by atoms with van der Waals surface area (Å²) in [7, 11) is 0. The molecule has 110 valence electrons. The summed E-state index contributed by atoms with van der Waals surface area (Å²) in [6.07, 6.45) is 4.22. The number of aromatic nitrogens is 3. The molecule has 2 aromatic heterocycles. The number of hydrogen-bond donors (Lipinski definition) is 1. The van der Waals surface area contributed by atoms with E-state index in [0.29, 0.717) is 26.8 Å². The number of primary amides is 1. The minimum absolute atomic E-state index is 0.231. The van der Waals surface area contributed by atoms with Crippen LogP contribution in [0.2, 0.25) is 10.0 Å². The first-order chi connectivity index (χ1) is 10.5. The minimum atomic E-state index is -0.594. The molecule has 8 heteroatoms. The molecule has 1 amide bonds. The third-order valence-electron chi connectivity index (χ3n) is 2.78. The molecule has 0 spiro atoms. The van der Waals surface area contributed by atoms with E-state index >= 15 is 0 Å². The second kappa shape index (κ2) is 5.75. The summed E-state index contributed by atoms with van der Waals surface area (Å²) in [5.41, 5.74) is 6.55. The van der Waals surface area contributed by atoms with Crippen LogP contribution < -0.4 is 10.5 Å². The third kappa shape index (κ3) is 2.93. The van der Waals surface area contributed by atoms with Crippen LogP contribution in [0, 0.1) is 0 Å². The molecule has 0 aliphatic carbocycles. The van der Waals surface area contributed by atoms with Gasteiger partial charge in [0.2, 0.25) is 11.8 Å². The van der Waals surface area contributed by atoms with E-state index in [0.717, 1.165) is 0 Å². The lowest BCUT2D eigenvalue weighted by Crippen LogP contribution is -2.11. The Labute approximate surface area is 134 Å². The number of nitrogens with zero attached hydrogens (tertiary/aromatic N) is 3. The van der Waals surface area contributed by atoms with Gasteiger partial charge in [0.25, 0.3) is 0 Å². The molecule has 6 nitrogen and oxygen atoms in total. The van der Waals surface area contributed by atoms with Gasteiger partial charge in [0.1, 0.15) is 5.75 Å². The molecular formula is C14H8Cl2N4O2. The van der Waals surface area contributed by atoms with Gasteiger partial charge in [-0.1, -0.05) is 23.2 Å². The Morgan fingerprint density at radius 1 is 1.05 bits per heavy atom. The number of benzene rings is 1. The Bertz CT molecular complexity index is 886. The molecule has 1 aromatic carbocycles. The number of rotatable bonds is 3. The van der Waals surface area contributed by atoms with E-state index < -0.39 is 5.91 Å².